The number of para-hydroxylation sites is 1. The summed E-state index contributed by atoms with van der Waals surface area (Å²) < 4.78 is 9.94. The minimum absolute atomic E-state index is 0.0667. The minimum atomic E-state index is -0.470. The second kappa shape index (κ2) is 7.74. The number of carbonyl (C=O) groups excluding carboxylic acids is 2. The summed E-state index contributed by atoms with van der Waals surface area (Å²) in [5.74, 6) is 0.171. The van der Waals surface area contributed by atoms with Crippen LogP contribution in [-0.4, -0.2) is 31.1 Å². The number of nitrogens with zero attached hydrogens (tertiary/aromatic N) is 1. The van der Waals surface area contributed by atoms with Crippen molar-refractivity contribution < 1.29 is 18.7 Å². The Kier molecular flexibility index (Phi) is 5.22. The van der Waals surface area contributed by atoms with Crippen molar-refractivity contribution in [3.63, 3.8) is 0 Å². The monoisotopic (exact) mass is 352 g/mol. The molecule has 1 aromatic carbocycles. The number of esters is 1. The Labute approximate surface area is 151 Å². The average Bonchev–Trinajstić information content (AvgIpc) is 3.17. The van der Waals surface area contributed by atoms with Crippen LogP contribution in [0.5, 0.6) is 0 Å². The van der Waals surface area contributed by atoms with Crippen molar-refractivity contribution in [2.75, 3.05) is 12.0 Å². The number of rotatable bonds is 6. The first-order valence-electron chi connectivity index (χ1n) is 8.23. The first-order valence-corrected chi connectivity index (χ1v) is 8.23. The van der Waals surface area contributed by atoms with Gasteiger partial charge < -0.3 is 19.4 Å². The van der Waals surface area contributed by atoms with Crippen LogP contribution in [0.25, 0.3) is 6.08 Å². The van der Waals surface area contributed by atoms with E-state index in [-0.39, 0.29) is 11.9 Å². The zero-order valence-corrected chi connectivity index (χ0v) is 14.6. The number of amides is 1. The van der Waals surface area contributed by atoms with E-state index in [0.717, 1.165) is 5.69 Å². The van der Waals surface area contributed by atoms with E-state index in [1.165, 1.54) is 13.2 Å². The van der Waals surface area contributed by atoms with Crippen molar-refractivity contribution in [2.24, 2.45) is 0 Å². The first-order chi connectivity index (χ1) is 12.6. The normalized spacial score (nSPS) is 20.2. The van der Waals surface area contributed by atoms with Crippen LogP contribution in [0.1, 0.15) is 12.7 Å². The molecule has 1 aliphatic heterocycles. The van der Waals surface area contributed by atoms with Crippen LogP contribution >= 0.6 is 0 Å². The van der Waals surface area contributed by atoms with E-state index in [1.807, 2.05) is 48.6 Å². The Bertz CT molecular complexity index is 825. The fraction of sp³-hybridized carbons (Fsp3) is 0.200. The SMILES string of the molecule is COC(=O)/C=C(\C)N[C@@H]1C(=O)N(c2ccccc2)[C@@H]1/C=C/c1ccco1. The van der Waals surface area contributed by atoms with E-state index in [4.69, 9.17) is 4.42 Å². The van der Waals surface area contributed by atoms with E-state index in [1.54, 1.807) is 24.2 Å². The van der Waals surface area contributed by atoms with Gasteiger partial charge in [-0.15, -0.1) is 0 Å². The molecule has 1 amide bonds. The standard InChI is InChI=1S/C20H20N2O4/c1-14(13-18(23)25-2)21-19-17(11-10-16-9-6-12-26-16)22(20(19)24)15-7-4-3-5-8-15/h3-13,17,19,21H,1-2H3/b11-10+,14-13+/t17-,19+/m1/s1. The lowest BCUT2D eigenvalue weighted by molar-refractivity contribution is -0.135. The van der Waals surface area contributed by atoms with Crippen LogP contribution in [-0.2, 0) is 14.3 Å². The molecule has 0 aliphatic carbocycles. The summed E-state index contributed by atoms with van der Waals surface area (Å²) in [6.07, 6.45) is 6.67. The van der Waals surface area contributed by atoms with Gasteiger partial charge in [0.25, 0.3) is 5.91 Å². The van der Waals surface area contributed by atoms with Gasteiger partial charge in [0.15, 0.2) is 0 Å². The number of ether oxygens (including phenoxy) is 1. The third kappa shape index (κ3) is 3.69. The summed E-state index contributed by atoms with van der Waals surface area (Å²) in [7, 11) is 1.31. The number of hydrogen-bond acceptors (Lipinski definition) is 5. The molecule has 6 heteroatoms. The Balaban J connectivity index is 1.82. The lowest BCUT2D eigenvalue weighted by Gasteiger charge is -2.46. The van der Waals surface area contributed by atoms with Crippen molar-refractivity contribution in [2.45, 2.75) is 19.0 Å². The fourth-order valence-corrected chi connectivity index (χ4v) is 2.84. The molecule has 1 aliphatic rings. The average molecular weight is 352 g/mol. The molecule has 134 valence electrons. The van der Waals surface area contributed by atoms with Crippen molar-refractivity contribution >= 4 is 23.6 Å². The smallest absolute Gasteiger partial charge is 0.332 e. The molecule has 1 saturated heterocycles. The Morgan fingerprint density at radius 1 is 1.23 bits per heavy atom. The fourth-order valence-electron chi connectivity index (χ4n) is 2.84. The molecular formula is C20H20N2O4. The highest BCUT2D eigenvalue weighted by Crippen LogP contribution is 2.30. The lowest BCUT2D eigenvalue weighted by Crippen LogP contribution is -2.69. The predicted octanol–water partition coefficient (Wildman–Crippen LogP) is 2.74. The molecule has 1 fully saturated rings. The second-order valence-electron chi connectivity index (χ2n) is 5.88. The van der Waals surface area contributed by atoms with E-state index in [2.05, 4.69) is 10.1 Å². The highest BCUT2D eigenvalue weighted by Gasteiger charge is 2.46. The summed E-state index contributed by atoms with van der Waals surface area (Å²) in [6, 6.07) is 12.4. The van der Waals surface area contributed by atoms with Gasteiger partial charge in [-0.05, 0) is 37.3 Å². The molecule has 0 spiro atoms. The highest BCUT2D eigenvalue weighted by atomic mass is 16.5. The molecule has 2 aromatic rings. The van der Waals surface area contributed by atoms with Gasteiger partial charge in [0.2, 0.25) is 0 Å². The Morgan fingerprint density at radius 2 is 2.00 bits per heavy atom. The largest absolute Gasteiger partial charge is 0.466 e. The summed E-state index contributed by atoms with van der Waals surface area (Å²) in [6.45, 7) is 1.72. The first kappa shape index (κ1) is 17.5. The van der Waals surface area contributed by atoms with Crippen LogP contribution < -0.4 is 10.2 Å². The maximum Gasteiger partial charge on any atom is 0.332 e. The summed E-state index contributed by atoms with van der Waals surface area (Å²) in [5.41, 5.74) is 1.39. The number of carbonyl (C=O) groups is 2. The maximum atomic E-state index is 12.7. The van der Waals surface area contributed by atoms with Gasteiger partial charge in [-0.2, -0.15) is 0 Å². The number of anilines is 1. The van der Waals surface area contributed by atoms with Crippen LogP contribution in [0.3, 0.4) is 0 Å². The molecule has 2 heterocycles. The molecule has 0 bridgehead atoms. The molecule has 1 aromatic heterocycles. The topological polar surface area (TPSA) is 71.8 Å². The predicted molar refractivity (Wildman–Crippen MR) is 98.2 cm³/mol. The zero-order chi connectivity index (χ0) is 18.5. The van der Waals surface area contributed by atoms with E-state index in [0.29, 0.717) is 11.5 Å². The van der Waals surface area contributed by atoms with Gasteiger partial charge in [-0.25, -0.2) is 4.79 Å². The van der Waals surface area contributed by atoms with E-state index < -0.39 is 12.0 Å². The molecule has 0 radical (unpaired) electrons. The molecule has 2 atom stereocenters. The molecule has 0 unspecified atom stereocenters. The zero-order valence-electron chi connectivity index (χ0n) is 14.6. The van der Waals surface area contributed by atoms with Crippen molar-refractivity contribution in [1.29, 1.82) is 0 Å². The third-order valence-corrected chi connectivity index (χ3v) is 4.10. The van der Waals surface area contributed by atoms with E-state index >= 15 is 0 Å². The van der Waals surface area contributed by atoms with Gasteiger partial charge in [-0.1, -0.05) is 24.3 Å². The second-order valence-corrected chi connectivity index (χ2v) is 5.88. The van der Waals surface area contributed by atoms with E-state index in [9.17, 15) is 9.59 Å². The molecule has 6 nitrogen and oxygen atoms in total. The highest BCUT2D eigenvalue weighted by molar-refractivity contribution is 6.06. The van der Waals surface area contributed by atoms with Crippen LogP contribution in [0.2, 0.25) is 0 Å². The summed E-state index contributed by atoms with van der Waals surface area (Å²) in [5, 5.41) is 3.10. The summed E-state index contributed by atoms with van der Waals surface area (Å²) >= 11 is 0. The quantitative estimate of drug-likeness (QED) is 0.492. The number of methoxy groups -OCH3 is 1. The van der Waals surface area contributed by atoms with Crippen LogP contribution in [0, 0.1) is 0 Å². The molecular weight excluding hydrogens is 332 g/mol. The van der Waals surface area contributed by atoms with Crippen LogP contribution in [0.15, 0.2) is 71.0 Å². The number of nitrogens with one attached hydrogen (secondary N) is 1. The van der Waals surface area contributed by atoms with Crippen molar-refractivity contribution in [3.8, 4) is 0 Å². The van der Waals surface area contributed by atoms with Gasteiger partial charge in [0, 0.05) is 17.5 Å². The minimum Gasteiger partial charge on any atom is -0.466 e. The maximum absolute atomic E-state index is 12.7. The Morgan fingerprint density at radius 3 is 2.65 bits per heavy atom. The number of hydrogen-bond donors (Lipinski definition) is 1. The number of β-lactam (4-membered cyclic amide) rings is 1. The summed E-state index contributed by atoms with van der Waals surface area (Å²) in [4.78, 5) is 25.8. The Hall–Kier alpha value is -3.28. The molecule has 0 saturated carbocycles. The number of furan rings is 1. The van der Waals surface area contributed by atoms with Crippen molar-refractivity contribution in [3.05, 3.63) is 72.3 Å². The molecule has 26 heavy (non-hydrogen) atoms. The van der Waals surface area contributed by atoms with Gasteiger partial charge in [0.05, 0.1) is 19.4 Å². The van der Waals surface area contributed by atoms with Crippen LogP contribution in [0.4, 0.5) is 5.69 Å². The number of benzene rings is 1. The van der Waals surface area contributed by atoms with Gasteiger partial charge in [-0.3, -0.25) is 4.79 Å². The number of allylic oxidation sites excluding steroid dienone is 1. The van der Waals surface area contributed by atoms with Gasteiger partial charge >= 0.3 is 5.97 Å². The van der Waals surface area contributed by atoms with Crippen molar-refractivity contribution in [1.82, 2.24) is 5.32 Å². The molecule has 3 rings (SSSR count). The third-order valence-electron chi connectivity index (χ3n) is 4.10. The van der Waals surface area contributed by atoms with Gasteiger partial charge in [0.1, 0.15) is 11.8 Å². The lowest BCUT2D eigenvalue weighted by atomic mass is 9.92. The molecule has 1 N–H and O–H groups in total.